The summed E-state index contributed by atoms with van der Waals surface area (Å²) in [5, 5.41) is 35.5. The lowest BCUT2D eigenvalue weighted by Gasteiger charge is -2.10. The van der Waals surface area contributed by atoms with Gasteiger partial charge in [-0.1, -0.05) is 0 Å². The number of rotatable bonds is 7. The molecule has 0 aromatic heterocycles. The van der Waals surface area contributed by atoms with Crippen LogP contribution in [0.2, 0.25) is 0 Å². The average molecular weight is 360 g/mol. The summed E-state index contributed by atoms with van der Waals surface area (Å²) in [5.74, 6) is 0.417. The predicted octanol–water partition coefficient (Wildman–Crippen LogP) is 3.44. The zero-order valence-electron chi connectivity index (χ0n) is 13.9. The van der Waals surface area contributed by atoms with E-state index in [2.05, 4.69) is 10.5 Å². The second-order valence-corrected chi connectivity index (χ2v) is 5.47. The summed E-state index contributed by atoms with van der Waals surface area (Å²) < 4.78 is 5.45. The molecule has 0 heterocycles. The zero-order chi connectivity index (χ0) is 19.3. The number of nitrogens with one attached hydrogen (secondary N) is 1. The summed E-state index contributed by atoms with van der Waals surface area (Å²) in [5.41, 5.74) is 1.90. The molecule has 2 aromatic rings. The number of aromatic hydroxyl groups is 1. The van der Waals surface area contributed by atoms with Crippen molar-refractivity contribution >= 4 is 23.3 Å². The van der Waals surface area contributed by atoms with E-state index in [-0.39, 0.29) is 17.5 Å². The van der Waals surface area contributed by atoms with Crippen LogP contribution in [0, 0.1) is 20.2 Å². The highest BCUT2D eigenvalue weighted by molar-refractivity contribution is 5.84. The number of hydrogen-bond acceptors (Lipinski definition) is 8. The molecule has 136 valence electrons. The Morgan fingerprint density at radius 1 is 1.15 bits per heavy atom. The highest BCUT2D eigenvalue weighted by Crippen LogP contribution is 2.29. The molecule has 0 saturated carbocycles. The molecular weight excluding hydrogens is 344 g/mol. The average Bonchev–Trinajstić information content (AvgIpc) is 2.56. The number of nitro groups is 2. The van der Waals surface area contributed by atoms with Crippen molar-refractivity contribution in [3.63, 3.8) is 0 Å². The third-order valence-corrected chi connectivity index (χ3v) is 3.15. The zero-order valence-corrected chi connectivity index (χ0v) is 13.9. The number of non-ortho nitro benzene ring substituents is 1. The second kappa shape index (κ2) is 7.92. The molecule has 0 fully saturated rings. The van der Waals surface area contributed by atoms with Crippen LogP contribution in [-0.2, 0) is 0 Å². The first-order valence-corrected chi connectivity index (χ1v) is 7.49. The first-order valence-electron chi connectivity index (χ1n) is 7.49. The first-order chi connectivity index (χ1) is 12.3. The van der Waals surface area contributed by atoms with Crippen molar-refractivity contribution in [2.24, 2.45) is 5.10 Å². The normalized spacial score (nSPS) is 10.9. The van der Waals surface area contributed by atoms with Gasteiger partial charge in [0.25, 0.3) is 5.69 Å². The Hall–Kier alpha value is -3.69. The number of hydrogen-bond donors (Lipinski definition) is 2. The number of ether oxygens (including phenoxy) is 1. The molecule has 0 unspecified atom stereocenters. The van der Waals surface area contributed by atoms with E-state index in [0.29, 0.717) is 11.3 Å². The van der Waals surface area contributed by atoms with Gasteiger partial charge in [0, 0.05) is 17.7 Å². The summed E-state index contributed by atoms with van der Waals surface area (Å²) in [6, 6.07) is 7.80. The van der Waals surface area contributed by atoms with Crippen LogP contribution in [0.4, 0.5) is 17.1 Å². The number of hydrazone groups is 1. The lowest BCUT2D eigenvalue weighted by atomic mass is 10.2. The van der Waals surface area contributed by atoms with Gasteiger partial charge in [-0.3, -0.25) is 25.7 Å². The van der Waals surface area contributed by atoms with E-state index in [1.807, 2.05) is 13.8 Å². The van der Waals surface area contributed by atoms with Crippen molar-refractivity contribution in [3.05, 3.63) is 62.2 Å². The van der Waals surface area contributed by atoms with E-state index in [1.54, 1.807) is 12.1 Å². The Labute approximate surface area is 148 Å². The lowest BCUT2D eigenvalue weighted by Crippen LogP contribution is -2.05. The molecule has 0 spiro atoms. The third-order valence-electron chi connectivity index (χ3n) is 3.15. The molecule has 0 amide bonds. The van der Waals surface area contributed by atoms with Crippen molar-refractivity contribution in [1.29, 1.82) is 0 Å². The molecule has 0 saturated heterocycles. The fraction of sp³-hybridized carbons (Fsp3) is 0.188. The molecule has 0 aliphatic carbocycles. The van der Waals surface area contributed by atoms with Gasteiger partial charge in [-0.05, 0) is 32.0 Å². The Bertz CT molecular complexity index is 866. The van der Waals surface area contributed by atoms with Crippen molar-refractivity contribution in [2.45, 2.75) is 20.0 Å². The monoisotopic (exact) mass is 360 g/mol. The predicted molar refractivity (Wildman–Crippen MR) is 94.8 cm³/mol. The summed E-state index contributed by atoms with van der Waals surface area (Å²) >= 11 is 0. The van der Waals surface area contributed by atoms with Crippen LogP contribution in [0.25, 0.3) is 0 Å². The Kier molecular flexibility index (Phi) is 5.68. The fourth-order valence-electron chi connectivity index (χ4n) is 2.03. The molecule has 26 heavy (non-hydrogen) atoms. The van der Waals surface area contributed by atoms with Gasteiger partial charge in [0.15, 0.2) is 0 Å². The SMILES string of the molecule is CC(C)Oc1ccc(/C=N\Nc2ccc([N+](=O)[O-])cc2[N+](=O)[O-])c(O)c1. The minimum Gasteiger partial charge on any atom is -0.507 e. The molecule has 10 heteroatoms. The van der Waals surface area contributed by atoms with E-state index in [1.165, 1.54) is 18.3 Å². The molecule has 0 radical (unpaired) electrons. The van der Waals surface area contributed by atoms with E-state index in [0.717, 1.165) is 12.1 Å². The largest absolute Gasteiger partial charge is 0.507 e. The number of anilines is 1. The lowest BCUT2D eigenvalue weighted by molar-refractivity contribution is -0.393. The van der Waals surface area contributed by atoms with Crippen LogP contribution in [0.3, 0.4) is 0 Å². The smallest absolute Gasteiger partial charge is 0.301 e. The van der Waals surface area contributed by atoms with Crippen molar-refractivity contribution in [2.75, 3.05) is 5.43 Å². The number of phenolic OH excluding ortho intramolecular Hbond substituents is 1. The maximum atomic E-state index is 11.0. The number of benzene rings is 2. The highest BCUT2D eigenvalue weighted by atomic mass is 16.6. The minimum atomic E-state index is -0.750. The van der Waals surface area contributed by atoms with Crippen LogP contribution in [0.15, 0.2) is 41.5 Å². The van der Waals surface area contributed by atoms with Gasteiger partial charge in [0.1, 0.15) is 17.2 Å². The minimum absolute atomic E-state index is 0.0175. The fourth-order valence-corrected chi connectivity index (χ4v) is 2.03. The molecule has 2 rings (SSSR count). The Morgan fingerprint density at radius 2 is 1.88 bits per heavy atom. The van der Waals surface area contributed by atoms with Gasteiger partial charge >= 0.3 is 5.69 Å². The van der Waals surface area contributed by atoms with Gasteiger partial charge in [-0.15, -0.1) is 0 Å². The molecule has 0 atom stereocenters. The van der Waals surface area contributed by atoms with Crippen molar-refractivity contribution in [3.8, 4) is 11.5 Å². The van der Waals surface area contributed by atoms with Crippen LogP contribution >= 0.6 is 0 Å². The van der Waals surface area contributed by atoms with Crippen molar-refractivity contribution in [1.82, 2.24) is 0 Å². The van der Waals surface area contributed by atoms with Crippen LogP contribution < -0.4 is 10.2 Å². The van der Waals surface area contributed by atoms with E-state index < -0.39 is 21.2 Å². The molecule has 10 nitrogen and oxygen atoms in total. The van der Waals surface area contributed by atoms with Gasteiger partial charge in [0.2, 0.25) is 0 Å². The summed E-state index contributed by atoms with van der Waals surface area (Å²) in [6.07, 6.45) is 1.22. The second-order valence-electron chi connectivity index (χ2n) is 5.47. The molecule has 0 bridgehead atoms. The quantitative estimate of drug-likeness (QED) is 0.438. The number of nitrogens with zero attached hydrogens (tertiary/aromatic N) is 3. The molecule has 0 aliphatic heterocycles. The van der Waals surface area contributed by atoms with Crippen LogP contribution in [0.5, 0.6) is 11.5 Å². The number of nitro benzene ring substituents is 2. The topological polar surface area (TPSA) is 140 Å². The van der Waals surface area contributed by atoms with Crippen LogP contribution in [-0.4, -0.2) is 27.3 Å². The van der Waals surface area contributed by atoms with Gasteiger partial charge in [-0.2, -0.15) is 5.10 Å². The highest BCUT2D eigenvalue weighted by Gasteiger charge is 2.19. The summed E-state index contributed by atoms with van der Waals surface area (Å²) in [7, 11) is 0. The number of phenols is 1. The van der Waals surface area contributed by atoms with Crippen LogP contribution in [0.1, 0.15) is 19.4 Å². The molecule has 2 N–H and O–H groups in total. The maximum absolute atomic E-state index is 11.0. The Morgan fingerprint density at radius 3 is 2.46 bits per heavy atom. The summed E-state index contributed by atoms with van der Waals surface area (Å²) in [4.78, 5) is 20.3. The van der Waals surface area contributed by atoms with Crippen molar-refractivity contribution < 1.29 is 19.7 Å². The molecule has 2 aromatic carbocycles. The first kappa shape index (κ1) is 18.6. The van der Waals surface area contributed by atoms with Gasteiger partial charge in [-0.25, -0.2) is 0 Å². The van der Waals surface area contributed by atoms with E-state index in [9.17, 15) is 25.3 Å². The standard InChI is InChI=1S/C16H16N4O6/c1-10(2)26-13-5-3-11(16(21)8-13)9-17-18-14-6-4-12(19(22)23)7-15(14)20(24)25/h3-10,18,21H,1-2H3/b17-9-. The van der Waals surface area contributed by atoms with Gasteiger partial charge < -0.3 is 9.84 Å². The molecule has 0 aliphatic rings. The summed E-state index contributed by atoms with van der Waals surface area (Å²) in [6.45, 7) is 3.71. The van der Waals surface area contributed by atoms with E-state index >= 15 is 0 Å². The van der Waals surface area contributed by atoms with Gasteiger partial charge in [0.05, 0.1) is 28.2 Å². The third kappa shape index (κ3) is 4.66. The Balaban J connectivity index is 2.18. The molecular formula is C16H16N4O6. The van der Waals surface area contributed by atoms with E-state index in [4.69, 9.17) is 4.74 Å². The maximum Gasteiger partial charge on any atom is 0.301 e.